The molecule has 0 spiro atoms. The van der Waals surface area contributed by atoms with E-state index >= 15 is 0 Å². The van der Waals surface area contributed by atoms with Crippen LogP contribution in [-0.2, 0) is 9.47 Å². The predicted molar refractivity (Wildman–Crippen MR) is 104 cm³/mol. The van der Waals surface area contributed by atoms with Crippen molar-refractivity contribution in [2.75, 3.05) is 26.2 Å². The Morgan fingerprint density at radius 3 is 1.29 bits per heavy atom. The molecule has 28 heavy (non-hydrogen) atoms. The first-order chi connectivity index (χ1) is 12.8. The summed E-state index contributed by atoms with van der Waals surface area (Å²) in [5, 5.41) is 30.0. The molecular weight excluding hydrogens is 368 g/mol. The van der Waals surface area contributed by atoms with Crippen LogP contribution in [0.5, 0.6) is 0 Å². The third kappa shape index (κ3) is 10.1. The molecule has 10 heteroatoms. The van der Waals surface area contributed by atoms with Gasteiger partial charge in [0.15, 0.2) is 0 Å². The van der Waals surface area contributed by atoms with Crippen LogP contribution in [0, 0.1) is 0 Å². The minimum atomic E-state index is -0.525. The highest BCUT2D eigenvalue weighted by molar-refractivity contribution is 5.68. The van der Waals surface area contributed by atoms with Crippen molar-refractivity contribution in [1.29, 1.82) is 0 Å². The average molecular weight is 405 g/mol. The minimum absolute atomic E-state index is 0.246. The van der Waals surface area contributed by atoms with E-state index in [1.807, 2.05) is 0 Å². The van der Waals surface area contributed by atoms with E-state index in [1.165, 1.54) is 0 Å². The number of hydrogen-bond acceptors (Lipinski definition) is 8. The summed E-state index contributed by atoms with van der Waals surface area (Å²) in [5.74, 6) is 0. The lowest BCUT2D eigenvalue weighted by molar-refractivity contribution is 0.0452. The zero-order chi connectivity index (χ0) is 21.5. The fourth-order valence-corrected chi connectivity index (χ4v) is 2.54. The molecule has 0 saturated carbocycles. The Balaban J connectivity index is 0.000000280. The summed E-state index contributed by atoms with van der Waals surface area (Å²) >= 11 is 0. The van der Waals surface area contributed by atoms with Gasteiger partial charge < -0.3 is 41.0 Å². The highest BCUT2D eigenvalue weighted by Gasteiger charge is 2.29. The standard InChI is InChI=1S/2C9H18N2O3/c2*1-9(2,3)14-8(13)11-6-4-10-5-7(6)12/h2*6-7,10,12H,4-5H2,1-3H3,(H,11,13)/t2*6-,7+/m10/s1. The number of aliphatic hydroxyl groups excluding tert-OH is 2. The molecule has 4 atom stereocenters. The molecule has 2 heterocycles. The van der Waals surface area contributed by atoms with Crippen LogP contribution in [0.1, 0.15) is 41.5 Å². The molecule has 0 unspecified atom stereocenters. The summed E-state index contributed by atoms with van der Waals surface area (Å²) < 4.78 is 10.1. The minimum Gasteiger partial charge on any atom is -0.444 e. The second-order valence-corrected chi connectivity index (χ2v) is 8.96. The van der Waals surface area contributed by atoms with Gasteiger partial charge in [-0.1, -0.05) is 0 Å². The molecule has 0 radical (unpaired) electrons. The molecule has 0 aromatic rings. The maximum atomic E-state index is 11.3. The first-order valence-electron chi connectivity index (χ1n) is 9.53. The molecule has 2 aliphatic heterocycles. The molecular formula is C18H36N4O6. The van der Waals surface area contributed by atoms with Crippen molar-refractivity contribution in [1.82, 2.24) is 21.3 Å². The fourth-order valence-electron chi connectivity index (χ4n) is 2.54. The first kappa shape index (κ1) is 24.4. The third-order valence-electron chi connectivity index (χ3n) is 3.77. The topological polar surface area (TPSA) is 141 Å². The lowest BCUT2D eigenvalue weighted by Gasteiger charge is -2.22. The lowest BCUT2D eigenvalue weighted by Crippen LogP contribution is -2.45. The molecule has 10 nitrogen and oxygen atoms in total. The molecule has 2 fully saturated rings. The van der Waals surface area contributed by atoms with Gasteiger partial charge in [0.2, 0.25) is 0 Å². The summed E-state index contributed by atoms with van der Waals surface area (Å²) in [6.07, 6.45) is -2.01. The number of nitrogens with one attached hydrogen (secondary N) is 4. The zero-order valence-corrected chi connectivity index (χ0v) is 17.7. The van der Waals surface area contributed by atoms with Gasteiger partial charge in [-0.05, 0) is 41.5 Å². The van der Waals surface area contributed by atoms with E-state index in [4.69, 9.17) is 9.47 Å². The van der Waals surface area contributed by atoms with E-state index in [-0.39, 0.29) is 12.1 Å². The van der Waals surface area contributed by atoms with Crippen molar-refractivity contribution < 1.29 is 29.3 Å². The SMILES string of the molecule is CC(C)(C)OC(=O)N[C@@H]1CNC[C@@H]1O.CC(C)(C)OC(=O)N[C@H]1CNC[C@H]1O. The summed E-state index contributed by atoms with van der Waals surface area (Å²) in [5.41, 5.74) is -0.998. The molecule has 2 rings (SSSR count). The Morgan fingerprint density at radius 2 is 1.07 bits per heavy atom. The third-order valence-corrected chi connectivity index (χ3v) is 3.77. The van der Waals surface area contributed by atoms with Crippen LogP contribution < -0.4 is 21.3 Å². The Labute approximate surface area is 166 Å². The molecule has 2 amide bonds. The first-order valence-corrected chi connectivity index (χ1v) is 9.53. The second-order valence-electron chi connectivity index (χ2n) is 8.96. The summed E-state index contributed by atoms with van der Waals surface area (Å²) in [6, 6.07) is -0.491. The number of aliphatic hydroxyl groups is 2. The van der Waals surface area contributed by atoms with Gasteiger partial charge in [0.05, 0.1) is 24.3 Å². The molecule has 0 bridgehead atoms. The molecule has 164 valence electrons. The summed E-state index contributed by atoms with van der Waals surface area (Å²) in [4.78, 5) is 22.6. The number of hydrogen-bond donors (Lipinski definition) is 6. The van der Waals surface area contributed by atoms with Crippen LogP contribution in [0.4, 0.5) is 9.59 Å². The number of ether oxygens (including phenoxy) is 2. The number of alkyl carbamates (subject to hydrolysis) is 2. The largest absolute Gasteiger partial charge is 0.444 e. The summed E-state index contributed by atoms with van der Waals surface area (Å²) in [7, 11) is 0. The molecule has 2 aliphatic rings. The zero-order valence-electron chi connectivity index (χ0n) is 17.7. The van der Waals surface area contributed by atoms with Crippen molar-refractivity contribution >= 4 is 12.2 Å². The predicted octanol–water partition coefficient (Wildman–Crippen LogP) is -0.312. The second kappa shape index (κ2) is 10.2. The average Bonchev–Trinajstić information content (AvgIpc) is 3.05. The Kier molecular flexibility index (Phi) is 8.93. The monoisotopic (exact) mass is 404 g/mol. The smallest absolute Gasteiger partial charge is 0.408 e. The van der Waals surface area contributed by atoms with Crippen LogP contribution >= 0.6 is 0 Å². The fraction of sp³-hybridized carbons (Fsp3) is 0.889. The van der Waals surface area contributed by atoms with Gasteiger partial charge in [-0.2, -0.15) is 0 Å². The van der Waals surface area contributed by atoms with Gasteiger partial charge in [0, 0.05) is 26.2 Å². The number of carbonyl (C=O) groups is 2. The van der Waals surface area contributed by atoms with Crippen LogP contribution in [0.3, 0.4) is 0 Å². The molecule has 0 aromatic carbocycles. The summed E-state index contributed by atoms with van der Waals surface area (Å²) in [6.45, 7) is 13.0. The number of β-amino-alcohol motifs (C(OH)–C–C–N with tert-alkyl or cyclic N) is 2. The molecule has 0 aliphatic carbocycles. The van der Waals surface area contributed by atoms with Crippen LogP contribution in [0.25, 0.3) is 0 Å². The van der Waals surface area contributed by atoms with Crippen molar-refractivity contribution in [3.05, 3.63) is 0 Å². The van der Waals surface area contributed by atoms with E-state index < -0.39 is 35.6 Å². The van der Waals surface area contributed by atoms with Crippen LogP contribution in [0.2, 0.25) is 0 Å². The van der Waals surface area contributed by atoms with Gasteiger partial charge in [0.1, 0.15) is 11.2 Å². The molecule has 2 saturated heterocycles. The van der Waals surface area contributed by atoms with E-state index in [0.717, 1.165) is 0 Å². The van der Waals surface area contributed by atoms with Gasteiger partial charge in [0.25, 0.3) is 0 Å². The van der Waals surface area contributed by atoms with Gasteiger partial charge in [-0.25, -0.2) is 9.59 Å². The van der Waals surface area contributed by atoms with Gasteiger partial charge in [-0.15, -0.1) is 0 Å². The van der Waals surface area contributed by atoms with E-state index in [1.54, 1.807) is 41.5 Å². The number of amides is 2. The van der Waals surface area contributed by atoms with E-state index in [9.17, 15) is 19.8 Å². The Morgan fingerprint density at radius 1 is 0.750 bits per heavy atom. The quantitative estimate of drug-likeness (QED) is 0.368. The van der Waals surface area contributed by atoms with Gasteiger partial charge in [-0.3, -0.25) is 0 Å². The van der Waals surface area contributed by atoms with Crippen molar-refractivity contribution in [2.24, 2.45) is 0 Å². The maximum absolute atomic E-state index is 11.3. The lowest BCUT2D eigenvalue weighted by atomic mass is 10.2. The molecule has 6 N–H and O–H groups in total. The highest BCUT2D eigenvalue weighted by atomic mass is 16.6. The Bertz CT molecular complexity index is 471. The van der Waals surface area contributed by atoms with Crippen molar-refractivity contribution in [3.8, 4) is 0 Å². The molecule has 0 aromatic heterocycles. The van der Waals surface area contributed by atoms with E-state index in [2.05, 4.69) is 21.3 Å². The van der Waals surface area contributed by atoms with E-state index in [0.29, 0.717) is 26.2 Å². The number of carbonyl (C=O) groups excluding carboxylic acids is 2. The van der Waals surface area contributed by atoms with Crippen molar-refractivity contribution in [3.63, 3.8) is 0 Å². The van der Waals surface area contributed by atoms with Gasteiger partial charge >= 0.3 is 12.2 Å². The maximum Gasteiger partial charge on any atom is 0.408 e. The van der Waals surface area contributed by atoms with Crippen LogP contribution in [-0.4, -0.2) is 84.1 Å². The normalized spacial score (nSPS) is 27.4. The highest BCUT2D eigenvalue weighted by Crippen LogP contribution is 2.09. The van der Waals surface area contributed by atoms with Crippen LogP contribution in [0.15, 0.2) is 0 Å². The Hall–Kier alpha value is -1.62. The number of rotatable bonds is 2. The van der Waals surface area contributed by atoms with Crippen molar-refractivity contribution in [2.45, 2.75) is 77.0 Å².